The van der Waals surface area contributed by atoms with Gasteiger partial charge in [-0.15, -0.1) is 0 Å². The lowest BCUT2D eigenvalue weighted by atomic mass is 10.0. The molecule has 2 amide bonds. The molecule has 0 radical (unpaired) electrons. The molecule has 1 fully saturated rings. The molecule has 0 aromatic carbocycles. The third-order valence-corrected chi connectivity index (χ3v) is 6.63. The summed E-state index contributed by atoms with van der Waals surface area (Å²) in [5.74, 6) is -1.54. The second-order valence-corrected chi connectivity index (χ2v) is 12.9. The molecule has 0 aromatic rings. The van der Waals surface area contributed by atoms with Crippen molar-refractivity contribution in [2.45, 2.75) is 92.4 Å². The molecule has 0 bridgehead atoms. The summed E-state index contributed by atoms with van der Waals surface area (Å²) in [4.78, 5) is 54.6. The minimum Gasteiger partial charge on any atom is -0.461 e. The van der Waals surface area contributed by atoms with Crippen LogP contribution in [0.2, 0.25) is 0 Å². The molecule has 1 rings (SSSR count). The molecule has 0 unspecified atom stereocenters. The maximum absolute atomic E-state index is 12.9. The molecule has 0 aliphatic carbocycles. The zero-order valence-electron chi connectivity index (χ0n) is 30.5. The van der Waals surface area contributed by atoms with E-state index < -0.39 is 24.2 Å². The summed E-state index contributed by atoms with van der Waals surface area (Å²) in [7, 11) is 0. The number of nitrogens with one attached hydrogen (secondary N) is 2. The number of ether oxygens (including phenoxy) is 7. The van der Waals surface area contributed by atoms with Crippen LogP contribution in [0.4, 0.5) is 0 Å². The highest BCUT2D eigenvalue weighted by Crippen LogP contribution is 2.08. The van der Waals surface area contributed by atoms with E-state index in [1.165, 1.54) is 0 Å². The summed E-state index contributed by atoms with van der Waals surface area (Å²) in [6.45, 7) is 19.3. The first-order chi connectivity index (χ1) is 22.8. The van der Waals surface area contributed by atoms with E-state index in [0.29, 0.717) is 85.5 Å². The molecule has 48 heavy (non-hydrogen) atoms. The highest BCUT2D eigenvalue weighted by molar-refractivity contribution is 5.85. The fourth-order valence-corrected chi connectivity index (χ4v) is 4.51. The zero-order chi connectivity index (χ0) is 35.9. The molecule has 1 aliphatic heterocycles. The fourth-order valence-electron chi connectivity index (χ4n) is 4.51. The molecular formula is C33H62N4O11. The number of amides is 2. The van der Waals surface area contributed by atoms with Gasteiger partial charge in [-0.05, 0) is 53.9 Å². The van der Waals surface area contributed by atoms with Gasteiger partial charge in [0.15, 0.2) is 0 Å². The van der Waals surface area contributed by atoms with Crippen LogP contribution in [-0.2, 0) is 52.3 Å². The molecule has 0 spiro atoms. The van der Waals surface area contributed by atoms with Gasteiger partial charge in [0.2, 0.25) is 18.0 Å². The van der Waals surface area contributed by atoms with Crippen molar-refractivity contribution in [2.24, 2.45) is 5.92 Å². The molecule has 1 aliphatic rings. The number of carbonyl (C=O) groups excluding carboxylic acids is 4. The Labute approximate surface area is 286 Å². The monoisotopic (exact) mass is 690 g/mol. The Balaban J connectivity index is 2.65. The van der Waals surface area contributed by atoms with E-state index in [1.807, 2.05) is 23.6 Å². The Morgan fingerprint density at radius 3 is 1.33 bits per heavy atom. The summed E-state index contributed by atoms with van der Waals surface area (Å²) in [6, 6.07) is -0.711. The van der Waals surface area contributed by atoms with Crippen molar-refractivity contribution in [1.29, 1.82) is 0 Å². The topological polar surface area (TPSA) is 163 Å². The van der Waals surface area contributed by atoms with E-state index in [0.717, 1.165) is 0 Å². The largest absolute Gasteiger partial charge is 0.461 e. The van der Waals surface area contributed by atoms with Crippen LogP contribution in [0.3, 0.4) is 0 Å². The maximum atomic E-state index is 12.9. The Hall–Kier alpha value is -2.40. The van der Waals surface area contributed by atoms with Crippen LogP contribution >= 0.6 is 0 Å². The van der Waals surface area contributed by atoms with Gasteiger partial charge in [-0.3, -0.25) is 19.4 Å². The number of carbonyl (C=O) groups is 4. The first-order valence-corrected chi connectivity index (χ1v) is 17.2. The van der Waals surface area contributed by atoms with Crippen molar-refractivity contribution < 1.29 is 52.3 Å². The number of hydrogen-bond acceptors (Lipinski definition) is 13. The predicted octanol–water partition coefficient (Wildman–Crippen LogP) is 0.972. The maximum Gasteiger partial charge on any atom is 0.356 e. The zero-order valence-corrected chi connectivity index (χ0v) is 30.5. The van der Waals surface area contributed by atoms with Crippen molar-refractivity contribution in [3.05, 3.63) is 0 Å². The normalized spacial score (nSPS) is 18.6. The van der Waals surface area contributed by atoms with E-state index in [4.69, 9.17) is 33.2 Å². The van der Waals surface area contributed by atoms with Crippen molar-refractivity contribution in [3.63, 3.8) is 0 Å². The Morgan fingerprint density at radius 2 is 0.958 bits per heavy atom. The average Bonchev–Trinajstić information content (AvgIpc) is 2.97. The van der Waals surface area contributed by atoms with Crippen molar-refractivity contribution in [1.82, 2.24) is 20.4 Å². The Morgan fingerprint density at radius 1 is 0.562 bits per heavy atom. The van der Waals surface area contributed by atoms with Gasteiger partial charge in [-0.1, -0.05) is 13.8 Å². The fraction of sp³-hybridized carbons (Fsp3) is 0.879. The molecule has 15 heteroatoms. The highest BCUT2D eigenvalue weighted by Gasteiger charge is 2.27. The Bertz CT molecular complexity index is 828. The van der Waals surface area contributed by atoms with Gasteiger partial charge < -0.3 is 43.8 Å². The Kier molecular flexibility index (Phi) is 23.2. The minimum absolute atomic E-state index is 0.00712. The molecule has 1 heterocycles. The third-order valence-electron chi connectivity index (χ3n) is 6.63. The second kappa shape index (κ2) is 25.6. The second-order valence-electron chi connectivity index (χ2n) is 12.9. The summed E-state index contributed by atoms with van der Waals surface area (Å²) >= 11 is 0. The summed E-state index contributed by atoms with van der Waals surface area (Å²) in [6.07, 6.45) is -1.63. The number of esters is 2. The van der Waals surface area contributed by atoms with Crippen LogP contribution < -0.4 is 10.6 Å². The predicted molar refractivity (Wildman–Crippen MR) is 178 cm³/mol. The molecule has 0 saturated carbocycles. The van der Waals surface area contributed by atoms with E-state index in [1.54, 1.807) is 41.5 Å². The van der Waals surface area contributed by atoms with Crippen molar-refractivity contribution in [2.75, 3.05) is 92.1 Å². The van der Waals surface area contributed by atoms with E-state index in [9.17, 15) is 19.2 Å². The van der Waals surface area contributed by atoms with Gasteiger partial charge in [0.1, 0.15) is 6.04 Å². The van der Waals surface area contributed by atoms with Crippen LogP contribution in [0, 0.1) is 5.92 Å². The van der Waals surface area contributed by atoms with E-state index >= 15 is 0 Å². The number of nitrogens with zero attached hydrogens (tertiary/aromatic N) is 2. The van der Waals surface area contributed by atoms with E-state index in [-0.39, 0.29) is 49.1 Å². The summed E-state index contributed by atoms with van der Waals surface area (Å²) < 4.78 is 39.2. The lowest BCUT2D eigenvalue weighted by Crippen LogP contribution is -2.49. The van der Waals surface area contributed by atoms with Gasteiger partial charge in [0.25, 0.3) is 0 Å². The SMILES string of the molecule is CC(C)C[C@@H](NC(=O)CN1CCOCCOCCN(CC(=O)N[C@@H](OC(C)C)C(=O)OC(C)C)CCOCCOCC1)C(=O)OC(C)C. The molecule has 2 atom stereocenters. The average molecular weight is 691 g/mol. The summed E-state index contributed by atoms with van der Waals surface area (Å²) in [5, 5.41) is 5.47. The molecular weight excluding hydrogens is 628 g/mol. The van der Waals surface area contributed by atoms with Crippen molar-refractivity contribution >= 4 is 23.8 Å². The molecule has 2 N–H and O–H groups in total. The highest BCUT2D eigenvalue weighted by atomic mass is 16.6. The smallest absolute Gasteiger partial charge is 0.356 e. The van der Waals surface area contributed by atoms with Crippen LogP contribution in [0.25, 0.3) is 0 Å². The lowest BCUT2D eigenvalue weighted by Gasteiger charge is -2.25. The first kappa shape index (κ1) is 43.6. The van der Waals surface area contributed by atoms with Crippen LogP contribution in [-0.4, -0.2) is 156 Å². The van der Waals surface area contributed by atoms with E-state index in [2.05, 4.69) is 10.6 Å². The molecule has 15 nitrogen and oxygen atoms in total. The third kappa shape index (κ3) is 22.3. The quantitative estimate of drug-likeness (QED) is 0.196. The molecule has 1 saturated heterocycles. The number of hydrogen-bond donors (Lipinski definition) is 2. The standard InChI is InChI=1S/C33H62N4O11/c1-24(2)21-28(32(40)47-26(5)6)34-29(38)22-36-9-13-42-17-19-44-15-11-37(12-16-45-20-18-43-14-10-36)23-30(39)35-31(46-25(3)4)33(41)48-27(7)8/h24-28,31H,9-23H2,1-8H3,(H,34,38)(H,35,39)/t28-,31+/m1/s1. The van der Waals surface area contributed by atoms with Gasteiger partial charge in [0, 0.05) is 26.2 Å². The number of rotatable bonds is 14. The summed E-state index contributed by atoms with van der Waals surface area (Å²) in [5.41, 5.74) is 0. The lowest BCUT2D eigenvalue weighted by molar-refractivity contribution is -0.168. The van der Waals surface area contributed by atoms with Gasteiger partial charge in [-0.25, -0.2) is 9.59 Å². The van der Waals surface area contributed by atoms with Crippen molar-refractivity contribution in [3.8, 4) is 0 Å². The van der Waals surface area contributed by atoms with Crippen LogP contribution in [0.1, 0.15) is 61.8 Å². The van der Waals surface area contributed by atoms with Crippen LogP contribution in [0.5, 0.6) is 0 Å². The molecule has 0 aromatic heterocycles. The van der Waals surface area contributed by atoms with Gasteiger partial charge in [0.05, 0.1) is 84.3 Å². The first-order valence-electron chi connectivity index (χ1n) is 17.2. The van der Waals surface area contributed by atoms with Gasteiger partial charge in [-0.2, -0.15) is 0 Å². The van der Waals surface area contributed by atoms with Crippen LogP contribution in [0.15, 0.2) is 0 Å². The molecule has 280 valence electrons. The minimum atomic E-state index is -1.21. The van der Waals surface area contributed by atoms with Gasteiger partial charge >= 0.3 is 11.9 Å².